The van der Waals surface area contributed by atoms with Gasteiger partial charge in [-0.15, -0.1) is 0 Å². The number of aliphatic hydroxyl groups excluding tert-OH is 1. The number of allylic oxidation sites excluding steroid dienone is 2. The third-order valence-electron chi connectivity index (χ3n) is 6.42. The molecule has 0 radical (unpaired) electrons. The number of hydrogen-bond acceptors (Lipinski definition) is 7. The molecule has 1 heterocycles. The second kappa shape index (κ2) is 11.3. The number of aliphatic hydroxyl groups is 1. The van der Waals surface area contributed by atoms with Crippen LogP contribution in [0.2, 0.25) is 0 Å². The molecule has 9 nitrogen and oxygen atoms in total. The van der Waals surface area contributed by atoms with Crippen molar-refractivity contribution >= 4 is 29.0 Å². The molecular weight excluding hydrogens is 453 g/mol. The Kier molecular flexibility index (Phi) is 8.39. The second-order valence-electron chi connectivity index (χ2n) is 8.96. The van der Waals surface area contributed by atoms with Crippen molar-refractivity contribution in [2.75, 3.05) is 24.5 Å². The minimum Gasteiger partial charge on any atom is -0.385 e. The molecule has 0 bridgehead atoms. The number of halogens is 1. The van der Waals surface area contributed by atoms with Gasteiger partial charge in [-0.05, 0) is 56.7 Å². The molecule has 10 heteroatoms. The van der Waals surface area contributed by atoms with E-state index in [0.717, 1.165) is 12.8 Å². The fourth-order valence-corrected chi connectivity index (χ4v) is 4.17. The molecule has 1 unspecified atom stereocenters. The number of hydrogen-bond donors (Lipinski definition) is 4. The number of nitrogens with two attached hydrogens (primary N) is 1. The van der Waals surface area contributed by atoms with Crippen molar-refractivity contribution < 1.29 is 23.9 Å². The topological polar surface area (TPSA) is 137 Å². The highest BCUT2D eigenvalue weighted by molar-refractivity contribution is 6.43. The highest BCUT2D eigenvalue weighted by Crippen LogP contribution is 2.36. The molecule has 1 aliphatic carbocycles. The number of nitrogens with zero attached hydrogens (tertiary/aromatic N) is 2. The largest absolute Gasteiger partial charge is 0.385 e. The van der Waals surface area contributed by atoms with E-state index in [1.165, 1.54) is 31.2 Å². The average molecular weight is 486 g/mol. The van der Waals surface area contributed by atoms with Crippen molar-refractivity contribution in [1.29, 1.82) is 0 Å². The Hall–Kier alpha value is -3.53. The van der Waals surface area contributed by atoms with Crippen LogP contribution in [-0.2, 0) is 9.59 Å². The van der Waals surface area contributed by atoms with Gasteiger partial charge in [0, 0.05) is 19.6 Å². The van der Waals surface area contributed by atoms with Crippen LogP contribution in [0.3, 0.4) is 0 Å². The zero-order valence-corrected chi connectivity index (χ0v) is 19.8. The SMILES string of the molecule is C=C/C=C\C(=N/N)C(=O)NC1(C(=O)NCC2CCN(c3cccc(F)c3C(=O)C(C)O)CC2)CC1. The maximum absolute atomic E-state index is 14.4. The molecule has 1 aliphatic heterocycles. The number of ketones is 1. The van der Waals surface area contributed by atoms with Gasteiger partial charge >= 0.3 is 0 Å². The summed E-state index contributed by atoms with van der Waals surface area (Å²) in [6, 6.07) is 4.45. The van der Waals surface area contributed by atoms with Crippen LogP contribution in [-0.4, -0.2) is 59.7 Å². The standard InChI is InChI=1S/C25H32FN5O4/c1-3-4-7-19(30-27)23(34)29-25(11-12-25)24(35)28-15-17-9-13-31(14-10-17)20-8-5-6-18(26)21(20)22(33)16(2)32/h3-8,16-17,32H,1,9-15,27H2,2H3,(H,28,35)(H,29,34)/b7-4-,30-19+. The van der Waals surface area contributed by atoms with Crippen LogP contribution >= 0.6 is 0 Å². The quantitative estimate of drug-likeness (QED) is 0.130. The first kappa shape index (κ1) is 26.1. The molecule has 2 aliphatic rings. The molecule has 5 N–H and O–H groups in total. The van der Waals surface area contributed by atoms with Crippen LogP contribution in [0.5, 0.6) is 0 Å². The Morgan fingerprint density at radius 1 is 1.34 bits per heavy atom. The van der Waals surface area contributed by atoms with E-state index < -0.39 is 29.2 Å². The smallest absolute Gasteiger partial charge is 0.272 e. The molecule has 1 saturated heterocycles. The summed E-state index contributed by atoms with van der Waals surface area (Å²) in [4.78, 5) is 39.5. The van der Waals surface area contributed by atoms with Gasteiger partial charge in [-0.3, -0.25) is 14.4 Å². The Labute approximate surface area is 203 Å². The Morgan fingerprint density at radius 3 is 2.60 bits per heavy atom. The lowest BCUT2D eigenvalue weighted by atomic mass is 9.94. The number of carbonyl (C=O) groups excluding carboxylic acids is 3. The number of rotatable bonds is 10. The zero-order chi connectivity index (χ0) is 25.6. The van der Waals surface area contributed by atoms with Gasteiger partial charge in [0.2, 0.25) is 5.91 Å². The summed E-state index contributed by atoms with van der Waals surface area (Å²) >= 11 is 0. The molecule has 1 aromatic carbocycles. The lowest BCUT2D eigenvalue weighted by molar-refractivity contribution is -0.127. The molecule has 2 amide bonds. The first-order valence-electron chi connectivity index (χ1n) is 11.7. The Bertz CT molecular complexity index is 1040. The van der Waals surface area contributed by atoms with Crippen molar-refractivity contribution in [3.63, 3.8) is 0 Å². The van der Waals surface area contributed by atoms with Crippen LogP contribution in [0.4, 0.5) is 10.1 Å². The van der Waals surface area contributed by atoms with Crippen molar-refractivity contribution in [2.24, 2.45) is 16.9 Å². The van der Waals surface area contributed by atoms with Crippen molar-refractivity contribution in [1.82, 2.24) is 10.6 Å². The summed E-state index contributed by atoms with van der Waals surface area (Å²) in [5, 5.41) is 18.8. The fourth-order valence-electron chi connectivity index (χ4n) is 4.17. The minimum atomic E-state index is -1.29. The molecule has 188 valence electrons. The number of Topliss-reactive ketones (excluding diaryl/α,β-unsaturated/α-hetero) is 1. The Morgan fingerprint density at radius 2 is 2.03 bits per heavy atom. The predicted octanol–water partition coefficient (Wildman–Crippen LogP) is 1.43. The monoisotopic (exact) mass is 485 g/mol. The van der Waals surface area contributed by atoms with Gasteiger partial charge in [0.1, 0.15) is 23.2 Å². The van der Waals surface area contributed by atoms with E-state index in [1.807, 2.05) is 4.90 Å². The second-order valence-corrected chi connectivity index (χ2v) is 8.96. The maximum Gasteiger partial charge on any atom is 0.272 e. The molecule has 3 rings (SSSR count). The summed E-state index contributed by atoms with van der Waals surface area (Å²) in [7, 11) is 0. The number of amides is 2. The molecular formula is C25H32FN5O4. The van der Waals surface area contributed by atoms with Gasteiger partial charge in [-0.1, -0.05) is 24.8 Å². The van der Waals surface area contributed by atoms with Gasteiger partial charge in [0.15, 0.2) is 5.78 Å². The van der Waals surface area contributed by atoms with Crippen molar-refractivity contribution in [3.05, 3.63) is 54.4 Å². The lowest BCUT2D eigenvalue weighted by Gasteiger charge is -2.35. The number of carbonyl (C=O) groups is 3. The first-order valence-corrected chi connectivity index (χ1v) is 11.7. The van der Waals surface area contributed by atoms with Gasteiger partial charge in [-0.25, -0.2) is 4.39 Å². The molecule has 0 spiro atoms. The number of benzene rings is 1. The van der Waals surface area contributed by atoms with Gasteiger partial charge in [-0.2, -0.15) is 5.10 Å². The van der Waals surface area contributed by atoms with Crippen LogP contribution < -0.4 is 21.4 Å². The van der Waals surface area contributed by atoms with Crippen LogP contribution in [0.15, 0.2) is 48.1 Å². The van der Waals surface area contributed by atoms with E-state index in [0.29, 0.717) is 38.2 Å². The molecule has 1 saturated carbocycles. The highest BCUT2D eigenvalue weighted by Gasteiger charge is 2.51. The summed E-state index contributed by atoms with van der Waals surface area (Å²) in [6.07, 6.45) is 5.68. The van der Waals surface area contributed by atoms with Gasteiger partial charge in [0.05, 0.1) is 11.3 Å². The van der Waals surface area contributed by atoms with Crippen molar-refractivity contribution in [3.8, 4) is 0 Å². The maximum atomic E-state index is 14.4. The van der Waals surface area contributed by atoms with E-state index in [2.05, 4.69) is 22.3 Å². The summed E-state index contributed by atoms with van der Waals surface area (Å²) in [5.74, 6) is 3.41. The number of hydrazone groups is 1. The lowest BCUT2D eigenvalue weighted by Crippen LogP contribution is -2.52. The molecule has 1 atom stereocenters. The van der Waals surface area contributed by atoms with E-state index in [1.54, 1.807) is 12.1 Å². The number of piperidine rings is 1. The predicted molar refractivity (Wildman–Crippen MR) is 131 cm³/mol. The van der Waals surface area contributed by atoms with E-state index in [9.17, 15) is 23.9 Å². The van der Waals surface area contributed by atoms with Gasteiger partial charge < -0.3 is 26.5 Å². The number of nitrogens with one attached hydrogen (secondary N) is 2. The highest BCUT2D eigenvalue weighted by atomic mass is 19.1. The van der Waals surface area contributed by atoms with E-state index in [4.69, 9.17) is 5.84 Å². The Balaban J connectivity index is 1.54. The fraction of sp³-hybridized carbons (Fsp3) is 0.440. The molecule has 35 heavy (non-hydrogen) atoms. The molecule has 0 aromatic heterocycles. The minimum absolute atomic E-state index is 0.00198. The normalized spacial score (nSPS) is 18.7. The van der Waals surface area contributed by atoms with Crippen molar-refractivity contribution in [2.45, 2.75) is 44.2 Å². The van der Waals surface area contributed by atoms with Crippen LogP contribution in [0.25, 0.3) is 0 Å². The summed E-state index contributed by atoms with van der Waals surface area (Å²) in [5.41, 5.74) is -0.569. The van der Waals surface area contributed by atoms with Crippen LogP contribution in [0.1, 0.15) is 43.0 Å². The third-order valence-corrected chi connectivity index (χ3v) is 6.42. The van der Waals surface area contributed by atoms with E-state index in [-0.39, 0.29) is 23.1 Å². The average Bonchev–Trinajstić information content (AvgIpc) is 3.63. The summed E-state index contributed by atoms with van der Waals surface area (Å²) < 4.78 is 14.4. The number of anilines is 1. The van der Waals surface area contributed by atoms with E-state index >= 15 is 0 Å². The first-order chi connectivity index (χ1) is 16.7. The van der Waals surface area contributed by atoms with Gasteiger partial charge in [0.25, 0.3) is 5.91 Å². The molecule has 2 fully saturated rings. The molecule has 1 aromatic rings. The summed E-state index contributed by atoms with van der Waals surface area (Å²) in [6.45, 7) is 6.46. The third kappa shape index (κ3) is 6.13. The zero-order valence-electron chi connectivity index (χ0n) is 19.8. The van der Waals surface area contributed by atoms with Crippen LogP contribution in [0, 0.1) is 11.7 Å².